The standard InChI is InChI=1S/C31H32ClNO4/c1-3-36-30(34)9-6-20-33-21-27(26-7-4-5-8-28(26)33)31(35)24-14-16-25(17-15-24)37-29(18-19-32)23-12-10-22(2)11-13-23/h4-5,7-8,10-17,21,29H,3,6,9,18-20H2,1-2H3/t29-/m1/s1. The number of carbonyl (C=O) groups excluding carboxylic acids is 2. The minimum Gasteiger partial charge on any atom is -0.486 e. The number of nitrogens with zero attached hydrogens (tertiary/aromatic N) is 1. The first kappa shape index (κ1) is 26.5. The summed E-state index contributed by atoms with van der Waals surface area (Å²) in [5.74, 6) is 0.920. The lowest BCUT2D eigenvalue weighted by atomic mass is 10.0. The third-order valence-electron chi connectivity index (χ3n) is 6.33. The van der Waals surface area contributed by atoms with Gasteiger partial charge in [-0.05, 0) is 56.2 Å². The molecular weight excluding hydrogens is 486 g/mol. The number of para-hydroxylation sites is 1. The van der Waals surface area contributed by atoms with Crippen molar-refractivity contribution in [2.75, 3.05) is 12.5 Å². The van der Waals surface area contributed by atoms with Gasteiger partial charge in [0.05, 0.1) is 6.61 Å². The predicted octanol–water partition coefficient (Wildman–Crippen LogP) is 7.27. The van der Waals surface area contributed by atoms with Crippen molar-refractivity contribution in [3.05, 3.63) is 101 Å². The van der Waals surface area contributed by atoms with E-state index in [-0.39, 0.29) is 17.9 Å². The number of aryl methyl sites for hydroxylation is 2. The first-order valence-corrected chi connectivity index (χ1v) is 13.2. The van der Waals surface area contributed by atoms with Crippen LogP contribution in [0.4, 0.5) is 0 Å². The van der Waals surface area contributed by atoms with Gasteiger partial charge in [-0.1, -0.05) is 48.0 Å². The summed E-state index contributed by atoms with van der Waals surface area (Å²) in [6.45, 7) is 4.86. The van der Waals surface area contributed by atoms with E-state index in [4.69, 9.17) is 21.1 Å². The fourth-order valence-electron chi connectivity index (χ4n) is 4.42. The molecule has 0 aliphatic rings. The van der Waals surface area contributed by atoms with Gasteiger partial charge in [0.15, 0.2) is 5.78 Å². The number of ether oxygens (including phenoxy) is 2. The Morgan fingerprint density at radius 3 is 2.41 bits per heavy atom. The molecule has 0 radical (unpaired) electrons. The maximum absolute atomic E-state index is 13.5. The Bertz CT molecular complexity index is 1340. The van der Waals surface area contributed by atoms with Crippen molar-refractivity contribution in [3.8, 4) is 5.75 Å². The first-order valence-electron chi connectivity index (χ1n) is 12.7. The number of hydrogen-bond acceptors (Lipinski definition) is 4. The van der Waals surface area contributed by atoms with E-state index >= 15 is 0 Å². The molecule has 4 rings (SSSR count). The highest BCUT2D eigenvalue weighted by molar-refractivity contribution is 6.18. The average molecular weight is 518 g/mol. The third kappa shape index (κ3) is 6.60. The summed E-state index contributed by atoms with van der Waals surface area (Å²) in [5.41, 5.74) is 4.46. The highest BCUT2D eigenvalue weighted by Gasteiger charge is 2.18. The second-order valence-corrected chi connectivity index (χ2v) is 9.39. The van der Waals surface area contributed by atoms with Gasteiger partial charge in [0, 0.05) is 53.5 Å². The molecule has 0 aliphatic carbocycles. The van der Waals surface area contributed by atoms with Crippen molar-refractivity contribution < 1.29 is 19.1 Å². The van der Waals surface area contributed by atoms with Crippen LogP contribution in [0.5, 0.6) is 5.75 Å². The number of hydrogen-bond donors (Lipinski definition) is 0. The number of esters is 1. The molecule has 0 bridgehead atoms. The maximum atomic E-state index is 13.5. The van der Waals surface area contributed by atoms with Gasteiger partial charge in [-0.25, -0.2) is 0 Å². The second-order valence-electron chi connectivity index (χ2n) is 9.01. The number of benzene rings is 3. The van der Waals surface area contributed by atoms with Crippen LogP contribution in [0.1, 0.15) is 59.3 Å². The molecule has 0 N–H and O–H groups in total. The van der Waals surface area contributed by atoms with E-state index < -0.39 is 0 Å². The van der Waals surface area contributed by atoms with Gasteiger partial charge in [0.2, 0.25) is 0 Å². The first-order chi connectivity index (χ1) is 18.0. The number of halogens is 1. The van der Waals surface area contributed by atoms with E-state index in [1.807, 2.05) is 47.2 Å². The summed E-state index contributed by atoms with van der Waals surface area (Å²) in [4.78, 5) is 25.2. The Hall–Kier alpha value is -3.57. The van der Waals surface area contributed by atoms with E-state index in [9.17, 15) is 9.59 Å². The number of rotatable bonds is 12. The van der Waals surface area contributed by atoms with E-state index in [0.29, 0.717) is 55.2 Å². The smallest absolute Gasteiger partial charge is 0.305 e. The van der Waals surface area contributed by atoms with Gasteiger partial charge in [0.25, 0.3) is 0 Å². The van der Waals surface area contributed by atoms with E-state index in [2.05, 4.69) is 31.2 Å². The summed E-state index contributed by atoms with van der Waals surface area (Å²) in [6, 6.07) is 23.4. The third-order valence-corrected chi connectivity index (χ3v) is 6.55. The zero-order chi connectivity index (χ0) is 26.2. The van der Waals surface area contributed by atoms with E-state index in [0.717, 1.165) is 16.5 Å². The zero-order valence-electron chi connectivity index (χ0n) is 21.3. The van der Waals surface area contributed by atoms with Gasteiger partial charge >= 0.3 is 5.97 Å². The molecule has 0 unspecified atom stereocenters. The van der Waals surface area contributed by atoms with Crippen LogP contribution in [0.3, 0.4) is 0 Å². The van der Waals surface area contributed by atoms with Gasteiger partial charge < -0.3 is 14.0 Å². The summed E-state index contributed by atoms with van der Waals surface area (Å²) < 4.78 is 13.3. The molecule has 1 aromatic heterocycles. The second kappa shape index (κ2) is 12.6. The van der Waals surface area contributed by atoms with Crippen LogP contribution in [0, 0.1) is 6.92 Å². The van der Waals surface area contributed by atoms with Crippen LogP contribution in [-0.2, 0) is 16.1 Å². The molecule has 0 amide bonds. The molecule has 0 spiro atoms. The molecule has 1 atom stereocenters. The Morgan fingerprint density at radius 2 is 1.70 bits per heavy atom. The molecule has 3 aromatic carbocycles. The number of fused-ring (bicyclic) bond motifs is 1. The van der Waals surface area contributed by atoms with Crippen LogP contribution in [0.2, 0.25) is 0 Å². The molecule has 6 heteroatoms. The van der Waals surface area contributed by atoms with Crippen molar-refractivity contribution in [1.82, 2.24) is 4.57 Å². The van der Waals surface area contributed by atoms with Gasteiger partial charge in [-0.2, -0.15) is 0 Å². The van der Waals surface area contributed by atoms with Crippen LogP contribution in [0.25, 0.3) is 10.9 Å². The highest BCUT2D eigenvalue weighted by atomic mass is 35.5. The predicted molar refractivity (Wildman–Crippen MR) is 148 cm³/mol. The molecule has 5 nitrogen and oxygen atoms in total. The summed E-state index contributed by atoms with van der Waals surface area (Å²) >= 11 is 6.04. The molecule has 0 fully saturated rings. The minimum absolute atomic E-state index is 0.0530. The molecule has 0 aliphatic heterocycles. The van der Waals surface area contributed by atoms with Crippen molar-refractivity contribution in [2.45, 2.75) is 45.8 Å². The number of alkyl halides is 1. The quantitative estimate of drug-likeness (QED) is 0.113. The lowest BCUT2D eigenvalue weighted by molar-refractivity contribution is -0.143. The largest absolute Gasteiger partial charge is 0.486 e. The van der Waals surface area contributed by atoms with Crippen molar-refractivity contribution in [2.24, 2.45) is 0 Å². The fourth-order valence-corrected chi connectivity index (χ4v) is 4.62. The number of ketones is 1. The van der Waals surface area contributed by atoms with Crippen molar-refractivity contribution in [1.29, 1.82) is 0 Å². The lowest BCUT2D eigenvalue weighted by Crippen LogP contribution is -2.09. The van der Waals surface area contributed by atoms with Crippen LogP contribution in [0.15, 0.2) is 79.0 Å². The Labute approximate surface area is 223 Å². The molecule has 37 heavy (non-hydrogen) atoms. The van der Waals surface area contributed by atoms with Crippen LogP contribution >= 0.6 is 11.6 Å². The van der Waals surface area contributed by atoms with E-state index in [1.54, 1.807) is 19.1 Å². The highest BCUT2D eigenvalue weighted by Crippen LogP contribution is 2.28. The Morgan fingerprint density at radius 1 is 0.973 bits per heavy atom. The normalized spacial score (nSPS) is 11.9. The zero-order valence-corrected chi connectivity index (χ0v) is 22.0. The van der Waals surface area contributed by atoms with Crippen molar-refractivity contribution >= 4 is 34.3 Å². The molecule has 1 heterocycles. The van der Waals surface area contributed by atoms with Gasteiger partial charge in [-0.3, -0.25) is 9.59 Å². The molecule has 192 valence electrons. The average Bonchev–Trinajstić information content (AvgIpc) is 3.28. The lowest BCUT2D eigenvalue weighted by Gasteiger charge is -2.19. The summed E-state index contributed by atoms with van der Waals surface area (Å²) in [6.07, 6.45) is 3.39. The van der Waals surface area contributed by atoms with Gasteiger partial charge in [0.1, 0.15) is 11.9 Å². The van der Waals surface area contributed by atoms with Crippen LogP contribution < -0.4 is 4.74 Å². The van der Waals surface area contributed by atoms with Crippen molar-refractivity contribution in [3.63, 3.8) is 0 Å². The molecular formula is C31H32ClNO4. The van der Waals surface area contributed by atoms with Gasteiger partial charge in [-0.15, -0.1) is 11.6 Å². The number of aromatic nitrogens is 1. The fraction of sp³-hybridized carbons (Fsp3) is 0.290. The molecule has 4 aromatic rings. The summed E-state index contributed by atoms with van der Waals surface area (Å²) in [7, 11) is 0. The molecule has 0 saturated carbocycles. The Kier molecular flexibility index (Phi) is 9.02. The minimum atomic E-state index is -0.201. The van der Waals surface area contributed by atoms with E-state index in [1.165, 1.54) is 5.56 Å². The van der Waals surface area contributed by atoms with Crippen LogP contribution in [-0.4, -0.2) is 28.8 Å². The SMILES string of the molecule is CCOC(=O)CCCn1cc(C(=O)c2ccc(O[C@H](CCCl)c3ccc(C)cc3)cc2)c2ccccc21. The Balaban J connectivity index is 1.50. The topological polar surface area (TPSA) is 57.5 Å². The maximum Gasteiger partial charge on any atom is 0.305 e. The number of carbonyl (C=O) groups is 2. The monoisotopic (exact) mass is 517 g/mol. The summed E-state index contributed by atoms with van der Waals surface area (Å²) in [5, 5.41) is 0.894. The molecule has 0 saturated heterocycles.